The van der Waals surface area contributed by atoms with Crippen LogP contribution in [0.1, 0.15) is 36.0 Å². The van der Waals surface area contributed by atoms with E-state index in [1.165, 1.54) is 6.07 Å². The molecule has 1 atom stereocenters. The molecule has 0 saturated carbocycles. The molecule has 0 unspecified atom stereocenters. The van der Waals surface area contributed by atoms with Crippen molar-refractivity contribution < 1.29 is 19.1 Å². The Bertz CT molecular complexity index is 758. The van der Waals surface area contributed by atoms with Crippen molar-refractivity contribution in [3.05, 3.63) is 54.1 Å². The molecular formula is C19H21FN2O3. The lowest BCUT2D eigenvalue weighted by atomic mass is 9.93. The summed E-state index contributed by atoms with van der Waals surface area (Å²) in [5, 5.41) is 8.81. The second kappa shape index (κ2) is 7.51. The van der Waals surface area contributed by atoms with Crippen molar-refractivity contribution in [1.82, 2.24) is 9.47 Å². The van der Waals surface area contributed by atoms with Gasteiger partial charge in [-0.05, 0) is 55.5 Å². The third kappa shape index (κ3) is 4.07. The molecule has 25 heavy (non-hydrogen) atoms. The van der Waals surface area contributed by atoms with E-state index in [1.807, 2.05) is 12.1 Å². The number of amides is 1. The average Bonchev–Trinajstić information content (AvgIpc) is 3.14. The molecule has 1 aliphatic rings. The monoisotopic (exact) mass is 344 g/mol. The molecule has 1 N–H and O–H groups in total. The van der Waals surface area contributed by atoms with Crippen LogP contribution in [0.5, 0.6) is 0 Å². The summed E-state index contributed by atoms with van der Waals surface area (Å²) in [5.41, 5.74) is 0.729. The number of likely N-dealkylation sites (tertiary alicyclic amines) is 1. The van der Waals surface area contributed by atoms with Crippen LogP contribution in [0.15, 0.2) is 42.7 Å². The third-order valence-electron chi connectivity index (χ3n) is 4.65. The highest BCUT2D eigenvalue weighted by atomic mass is 19.1. The van der Waals surface area contributed by atoms with E-state index in [-0.39, 0.29) is 18.2 Å². The van der Waals surface area contributed by atoms with E-state index >= 15 is 0 Å². The minimum absolute atomic E-state index is 0.118. The maximum atomic E-state index is 14.4. The molecule has 1 aliphatic heterocycles. The first-order valence-electron chi connectivity index (χ1n) is 8.48. The zero-order valence-electron chi connectivity index (χ0n) is 13.9. The van der Waals surface area contributed by atoms with E-state index in [1.54, 1.807) is 34.0 Å². The third-order valence-corrected chi connectivity index (χ3v) is 4.65. The highest BCUT2D eigenvalue weighted by Crippen LogP contribution is 2.23. The largest absolute Gasteiger partial charge is 0.481 e. The molecule has 3 rings (SSSR count). The number of hydrogen-bond acceptors (Lipinski definition) is 2. The van der Waals surface area contributed by atoms with Crippen LogP contribution in [0.4, 0.5) is 4.39 Å². The number of carbonyl (C=O) groups is 2. The SMILES string of the molecule is O=C(O)CC[C@H]1CCCN(C(=O)c2ccc(-n3cccc3)c(F)c2)C1. The number of rotatable bonds is 5. The van der Waals surface area contributed by atoms with Crippen LogP contribution < -0.4 is 0 Å². The highest BCUT2D eigenvalue weighted by Gasteiger charge is 2.25. The topological polar surface area (TPSA) is 62.5 Å². The van der Waals surface area contributed by atoms with E-state index in [4.69, 9.17) is 5.11 Å². The van der Waals surface area contributed by atoms with Crippen LogP contribution in [0.2, 0.25) is 0 Å². The number of piperidine rings is 1. The minimum atomic E-state index is -0.814. The van der Waals surface area contributed by atoms with Gasteiger partial charge in [-0.15, -0.1) is 0 Å². The number of carboxylic acids is 1. The fourth-order valence-electron chi connectivity index (χ4n) is 3.34. The Balaban J connectivity index is 1.70. The predicted molar refractivity (Wildman–Crippen MR) is 91.2 cm³/mol. The lowest BCUT2D eigenvalue weighted by Gasteiger charge is -2.32. The van der Waals surface area contributed by atoms with Gasteiger partial charge < -0.3 is 14.6 Å². The summed E-state index contributed by atoms with van der Waals surface area (Å²) >= 11 is 0. The van der Waals surface area contributed by atoms with Gasteiger partial charge in [0.2, 0.25) is 0 Å². The first kappa shape index (κ1) is 17.2. The molecule has 2 heterocycles. The first-order chi connectivity index (χ1) is 12.0. The van der Waals surface area contributed by atoms with Crippen molar-refractivity contribution in [1.29, 1.82) is 0 Å². The predicted octanol–water partition coefficient (Wildman–Crippen LogP) is 3.33. The first-order valence-corrected chi connectivity index (χ1v) is 8.48. The van der Waals surface area contributed by atoms with Gasteiger partial charge in [-0.25, -0.2) is 4.39 Å². The molecule has 0 bridgehead atoms. The van der Waals surface area contributed by atoms with Crippen LogP contribution in [0, 0.1) is 11.7 Å². The summed E-state index contributed by atoms with van der Waals surface area (Å²) in [6, 6.07) is 8.14. The molecular weight excluding hydrogens is 323 g/mol. The van der Waals surface area contributed by atoms with Gasteiger partial charge in [0.25, 0.3) is 5.91 Å². The fraction of sp³-hybridized carbons (Fsp3) is 0.368. The van der Waals surface area contributed by atoms with Gasteiger partial charge in [-0.1, -0.05) is 0 Å². The Morgan fingerprint density at radius 1 is 1.24 bits per heavy atom. The van der Waals surface area contributed by atoms with Gasteiger partial charge in [0.1, 0.15) is 5.82 Å². The van der Waals surface area contributed by atoms with Crippen molar-refractivity contribution in [3.63, 3.8) is 0 Å². The molecule has 0 aliphatic carbocycles. The highest BCUT2D eigenvalue weighted by molar-refractivity contribution is 5.94. The van der Waals surface area contributed by atoms with E-state index in [0.717, 1.165) is 12.8 Å². The van der Waals surface area contributed by atoms with Gasteiger partial charge in [-0.3, -0.25) is 9.59 Å². The fourth-order valence-corrected chi connectivity index (χ4v) is 3.34. The Kier molecular flexibility index (Phi) is 5.16. The Hall–Kier alpha value is -2.63. The average molecular weight is 344 g/mol. The molecule has 1 aromatic heterocycles. The van der Waals surface area contributed by atoms with Gasteiger partial charge >= 0.3 is 5.97 Å². The van der Waals surface area contributed by atoms with Crippen LogP contribution in [0.25, 0.3) is 5.69 Å². The maximum absolute atomic E-state index is 14.4. The van der Waals surface area contributed by atoms with E-state index < -0.39 is 11.8 Å². The van der Waals surface area contributed by atoms with Crippen molar-refractivity contribution in [2.24, 2.45) is 5.92 Å². The van der Waals surface area contributed by atoms with Crippen molar-refractivity contribution in [2.45, 2.75) is 25.7 Å². The molecule has 1 aromatic carbocycles. The van der Waals surface area contributed by atoms with Crippen LogP contribution in [-0.4, -0.2) is 39.5 Å². The van der Waals surface area contributed by atoms with Crippen LogP contribution in [0.3, 0.4) is 0 Å². The van der Waals surface area contributed by atoms with Gasteiger partial charge in [0.05, 0.1) is 5.69 Å². The van der Waals surface area contributed by atoms with Gasteiger partial charge in [-0.2, -0.15) is 0 Å². The van der Waals surface area contributed by atoms with E-state index in [0.29, 0.717) is 30.8 Å². The number of carbonyl (C=O) groups excluding carboxylic acids is 1. The smallest absolute Gasteiger partial charge is 0.303 e. The van der Waals surface area contributed by atoms with E-state index in [2.05, 4.69) is 0 Å². The molecule has 1 amide bonds. The summed E-state index contributed by atoms with van der Waals surface area (Å²) in [6.45, 7) is 1.16. The van der Waals surface area contributed by atoms with Crippen molar-refractivity contribution in [2.75, 3.05) is 13.1 Å². The van der Waals surface area contributed by atoms with Crippen molar-refractivity contribution >= 4 is 11.9 Å². The minimum Gasteiger partial charge on any atom is -0.481 e. The summed E-state index contributed by atoms with van der Waals surface area (Å²) in [6.07, 6.45) is 5.96. The van der Waals surface area contributed by atoms with Crippen LogP contribution in [-0.2, 0) is 4.79 Å². The molecule has 5 nitrogen and oxygen atoms in total. The second-order valence-electron chi connectivity index (χ2n) is 6.45. The zero-order chi connectivity index (χ0) is 17.8. The lowest BCUT2D eigenvalue weighted by Crippen LogP contribution is -2.40. The van der Waals surface area contributed by atoms with Gasteiger partial charge in [0.15, 0.2) is 0 Å². The quantitative estimate of drug-likeness (QED) is 0.905. The molecule has 0 radical (unpaired) electrons. The van der Waals surface area contributed by atoms with Gasteiger partial charge in [0, 0.05) is 37.5 Å². The number of nitrogens with zero attached hydrogens (tertiary/aromatic N) is 2. The van der Waals surface area contributed by atoms with Crippen LogP contribution >= 0.6 is 0 Å². The number of hydrogen-bond donors (Lipinski definition) is 1. The molecule has 1 fully saturated rings. The summed E-state index contributed by atoms with van der Waals surface area (Å²) in [7, 11) is 0. The Morgan fingerprint density at radius 3 is 2.68 bits per heavy atom. The number of benzene rings is 1. The summed E-state index contributed by atoms with van der Waals surface area (Å²) < 4.78 is 16.0. The lowest BCUT2D eigenvalue weighted by molar-refractivity contribution is -0.137. The molecule has 132 valence electrons. The second-order valence-corrected chi connectivity index (χ2v) is 6.45. The number of carboxylic acid groups (broad SMARTS) is 1. The number of aliphatic carboxylic acids is 1. The van der Waals surface area contributed by atoms with E-state index in [9.17, 15) is 14.0 Å². The Labute approximate surface area is 145 Å². The molecule has 2 aromatic rings. The number of halogens is 1. The summed E-state index contributed by atoms with van der Waals surface area (Å²) in [5.74, 6) is -1.26. The maximum Gasteiger partial charge on any atom is 0.303 e. The normalized spacial score (nSPS) is 17.5. The number of aromatic nitrogens is 1. The molecule has 1 saturated heterocycles. The standard InChI is InChI=1S/C19H21FN2O3/c20-16-12-15(6-7-17(16)21-9-1-2-10-21)19(25)22-11-3-4-14(13-22)5-8-18(23)24/h1-2,6-7,9-10,12,14H,3-5,8,11,13H2,(H,23,24)/t14-/m1/s1. The Morgan fingerprint density at radius 2 is 2.00 bits per heavy atom. The molecule has 6 heteroatoms. The molecule has 0 spiro atoms. The van der Waals surface area contributed by atoms with Crippen molar-refractivity contribution in [3.8, 4) is 5.69 Å². The summed E-state index contributed by atoms with van der Waals surface area (Å²) in [4.78, 5) is 25.1. The zero-order valence-corrected chi connectivity index (χ0v) is 13.9.